The zero-order valence-electron chi connectivity index (χ0n) is 8.12. The molecular weight excluding hydrogens is 184 g/mol. The number of thiocarbonyl (C=S) groups is 1. The summed E-state index contributed by atoms with van der Waals surface area (Å²) in [5, 5.41) is 0. The van der Waals surface area contributed by atoms with Crippen LogP contribution in [0, 0.1) is 5.92 Å². The van der Waals surface area contributed by atoms with Gasteiger partial charge in [0.05, 0.1) is 4.99 Å². The summed E-state index contributed by atoms with van der Waals surface area (Å²) in [5.41, 5.74) is 5.50. The molecule has 0 bridgehead atoms. The zero-order valence-corrected chi connectivity index (χ0v) is 8.93. The van der Waals surface area contributed by atoms with Crippen LogP contribution in [0.3, 0.4) is 0 Å². The fourth-order valence-corrected chi connectivity index (χ4v) is 1.62. The Kier molecular flexibility index (Phi) is 3.25. The van der Waals surface area contributed by atoms with E-state index in [0.717, 1.165) is 6.42 Å². The lowest BCUT2D eigenvalue weighted by atomic mass is 10.1. The SMILES string of the molecule is CC(CN1C(=O)CCC1C)C(N)=S. The third kappa shape index (κ3) is 2.40. The molecule has 1 fully saturated rings. The predicted molar refractivity (Wildman–Crippen MR) is 56.4 cm³/mol. The van der Waals surface area contributed by atoms with E-state index >= 15 is 0 Å². The Morgan fingerprint density at radius 1 is 1.85 bits per heavy atom. The highest BCUT2D eigenvalue weighted by molar-refractivity contribution is 7.80. The molecular formula is C9H16N2OS. The van der Waals surface area contributed by atoms with Crippen molar-refractivity contribution in [3.63, 3.8) is 0 Å². The molecule has 2 unspecified atom stereocenters. The molecule has 4 heteroatoms. The lowest BCUT2D eigenvalue weighted by Gasteiger charge is -2.24. The van der Waals surface area contributed by atoms with E-state index in [9.17, 15) is 4.79 Å². The molecule has 1 heterocycles. The lowest BCUT2D eigenvalue weighted by molar-refractivity contribution is -0.129. The minimum Gasteiger partial charge on any atom is -0.393 e. The molecule has 0 spiro atoms. The Balaban J connectivity index is 2.52. The molecule has 13 heavy (non-hydrogen) atoms. The lowest BCUT2D eigenvalue weighted by Crippen LogP contribution is -2.38. The van der Waals surface area contributed by atoms with Crippen molar-refractivity contribution in [2.24, 2.45) is 11.7 Å². The molecule has 0 aromatic carbocycles. The summed E-state index contributed by atoms with van der Waals surface area (Å²) in [7, 11) is 0. The average Bonchev–Trinajstić information content (AvgIpc) is 2.35. The van der Waals surface area contributed by atoms with E-state index < -0.39 is 0 Å². The average molecular weight is 200 g/mol. The molecule has 1 saturated heterocycles. The smallest absolute Gasteiger partial charge is 0.222 e. The molecule has 2 atom stereocenters. The van der Waals surface area contributed by atoms with E-state index in [1.165, 1.54) is 0 Å². The van der Waals surface area contributed by atoms with Crippen molar-refractivity contribution in [1.29, 1.82) is 0 Å². The second-order valence-corrected chi connectivity index (χ2v) is 4.21. The Morgan fingerprint density at radius 3 is 2.85 bits per heavy atom. The number of hydrogen-bond acceptors (Lipinski definition) is 2. The summed E-state index contributed by atoms with van der Waals surface area (Å²) in [6.45, 7) is 4.70. The number of rotatable bonds is 3. The molecule has 3 nitrogen and oxygen atoms in total. The van der Waals surface area contributed by atoms with E-state index in [0.29, 0.717) is 24.0 Å². The minimum absolute atomic E-state index is 0.125. The first-order valence-electron chi connectivity index (χ1n) is 4.61. The van der Waals surface area contributed by atoms with Gasteiger partial charge in [-0.25, -0.2) is 0 Å². The fourth-order valence-electron chi connectivity index (χ4n) is 1.54. The summed E-state index contributed by atoms with van der Waals surface area (Å²) < 4.78 is 0. The minimum atomic E-state index is 0.125. The maximum absolute atomic E-state index is 11.4. The van der Waals surface area contributed by atoms with Crippen molar-refractivity contribution in [3.8, 4) is 0 Å². The first-order valence-corrected chi connectivity index (χ1v) is 5.02. The number of likely N-dealkylation sites (tertiary alicyclic amines) is 1. The van der Waals surface area contributed by atoms with Crippen LogP contribution in [0.1, 0.15) is 26.7 Å². The summed E-state index contributed by atoms with van der Waals surface area (Å²) in [5.74, 6) is 0.357. The topological polar surface area (TPSA) is 46.3 Å². The highest BCUT2D eigenvalue weighted by Crippen LogP contribution is 2.19. The van der Waals surface area contributed by atoms with Gasteiger partial charge >= 0.3 is 0 Å². The Morgan fingerprint density at radius 2 is 2.46 bits per heavy atom. The van der Waals surface area contributed by atoms with Gasteiger partial charge in [-0.15, -0.1) is 0 Å². The quantitative estimate of drug-likeness (QED) is 0.689. The fraction of sp³-hybridized carbons (Fsp3) is 0.778. The number of nitrogens with two attached hydrogens (primary N) is 1. The third-order valence-electron chi connectivity index (χ3n) is 2.58. The monoisotopic (exact) mass is 200 g/mol. The van der Waals surface area contributed by atoms with Crippen LogP contribution in [0.5, 0.6) is 0 Å². The first kappa shape index (κ1) is 10.4. The number of amides is 1. The van der Waals surface area contributed by atoms with Gasteiger partial charge in [-0.05, 0) is 13.3 Å². The predicted octanol–water partition coefficient (Wildman–Crippen LogP) is 0.920. The van der Waals surface area contributed by atoms with Crippen LogP contribution in [0.25, 0.3) is 0 Å². The van der Waals surface area contributed by atoms with Crippen molar-refractivity contribution in [3.05, 3.63) is 0 Å². The van der Waals surface area contributed by atoms with Gasteiger partial charge in [-0.1, -0.05) is 19.1 Å². The van der Waals surface area contributed by atoms with E-state index in [-0.39, 0.29) is 11.8 Å². The van der Waals surface area contributed by atoms with Gasteiger partial charge in [-0.3, -0.25) is 4.79 Å². The van der Waals surface area contributed by atoms with Crippen LogP contribution in [0.15, 0.2) is 0 Å². The third-order valence-corrected chi connectivity index (χ3v) is 2.99. The van der Waals surface area contributed by atoms with E-state index in [2.05, 4.69) is 6.92 Å². The molecule has 1 rings (SSSR count). The van der Waals surface area contributed by atoms with Crippen molar-refractivity contribution in [1.82, 2.24) is 4.90 Å². The molecule has 1 aliphatic rings. The van der Waals surface area contributed by atoms with Crippen LogP contribution in [-0.2, 0) is 4.79 Å². The summed E-state index contributed by atoms with van der Waals surface area (Å²) >= 11 is 4.87. The highest BCUT2D eigenvalue weighted by atomic mass is 32.1. The molecule has 74 valence electrons. The van der Waals surface area contributed by atoms with E-state index in [1.54, 1.807) is 0 Å². The number of carbonyl (C=O) groups excluding carboxylic acids is 1. The van der Waals surface area contributed by atoms with Crippen molar-refractivity contribution in [2.45, 2.75) is 32.7 Å². The highest BCUT2D eigenvalue weighted by Gasteiger charge is 2.28. The van der Waals surface area contributed by atoms with Crippen LogP contribution in [0.2, 0.25) is 0 Å². The Hall–Kier alpha value is -0.640. The van der Waals surface area contributed by atoms with Crippen LogP contribution in [0.4, 0.5) is 0 Å². The van der Waals surface area contributed by atoms with Gasteiger partial charge < -0.3 is 10.6 Å². The zero-order chi connectivity index (χ0) is 10.0. The molecule has 1 amide bonds. The van der Waals surface area contributed by atoms with Gasteiger partial charge in [0.25, 0.3) is 0 Å². The maximum atomic E-state index is 11.4. The second kappa shape index (κ2) is 4.05. The summed E-state index contributed by atoms with van der Waals surface area (Å²) in [6.07, 6.45) is 1.63. The first-order chi connectivity index (χ1) is 6.02. The standard InChI is InChI=1S/C9H16N2OS/c1-6(9(10)13)5-11-7(2)3-4-8(11)12/h6-7H,3-5H2,1-2H3,(H2,10,13). The van der Waals surface area contributed by atoms with Gasteiger partial charge in [0.15, 0.2) is 0 Å². The van der Waals surface area contributed by atoms with Gasteiger partial charge in [-0.2, -0.15) is 0 Å². The summed E-state index contributed by atoms with van der Waals surface area (Å²) in [6, 6.07) is 0.351. The van der Waals surface area contributed by atoms with E-state index in [4.69, 9.17) is 18.0 Å². The van der Waals surface area contributed by atoms with Crippen molar-refractivity contribution >= 4 is 23.1 Å². The molecule has 2 N–H and O–H groups in total. The maximum Gasteiger partial charge on any atom is 0.222 e. The summed E-state index contributed by atoms with van der Waals surface area (Å²) in [4.78, 5) is 13.8. The normalized spacial score (nSPS) is 24.9. The van der Waals surface area contributed by atoms with Gasteiger partial charge in [0.1, 0.15) is 0 Å². The molecule has 1 aliphatic heterocycles. The molecule has 0 aromatic rings. The molecule has 0 aliphatic carbocycles. The Labute approximate surface area is 84.3 Å². The number of hydrogen-bond donors (Lipinski definition) is 1. The van der Waals surface area contributed by atoms with Crippen LogP contribution in [-0.4, -0.2) is 28.4 Å². The molecule has 0 aromatic heterocycles. The van der Waals surface area contributed by atoms with Crippen LogP contribution >= 0.6 is 12.2 Å². The van der Waals surface area contributed by atoms with Crippen molar-refractivity contribution < 1.29 is 4.79 Å². The number of nitrogens with zero attached hydrogens (tertiary/aromatic N) is 1. The molecule has 0 saturated carbocycles. The van der Waals surface area contributed by atoms with E-state index in [1.807, 2.05) is 11.8 Å². The van der Waals surface area contributed by atoms with Crippen molar-refractivity contribution in [2.75, 3.05) is 6.54 Å². The largest absolute Gasteiger partial charge is 0.393 e. The van der Waals surface area contributed by atoms with Gasteiger partial charge in [0, 0.05) is 24.9 Å². The molecule has 0 radical (unpaired) electrons. The van der Waals surface area contributed by atoms with Gasteiger partial charge in [0.2, 0.25) is 5.91 Å². The number of carbonyl (C=O) groups is 1. The second-order valence-electron chi connectivity index (χ2n) is 3.74. The van der Waals surface area contributed by atoms with Crippen LogP contribution < -0.4 is 5.73 Å². The Bertz CT molecular complexity index is 230.